The molecule has 2 nitrogen and oxygen atoms in total. The van der Waals surface area contributed by atoms with E-state index in [1.54, 1.807) is 6.20 Å². The van der Waals surface area contributed by atoms with Gasteiger partial charge < -0.3 is 4.74 Å². The zero-order valence-electron chi connectivity index (χ0n) is 11.4. The summed E-state index contributed by atoms with van der Waals surface area (Å²) in [4.78, 5) is 4.49. The molecule has 0 aliphatic heterocycles. The molecule has 0 N–H and O–H groups in total. The van der Waals surface area contributed by atoms with Crippen LogP contribution in [0.4, 0.5) is 0 Å². The smallest absolute Gasteiger partial charge is 0.137 e. The largest absolute Gasteiger partial charge is 0.492 e. The minimum atomic E-state index is 0.680. The Morgan fingerprint density at radius 1 is 1.05 bits per heavy atom. The average molecular weight is 253 g/mol. The second kappa shape index (κ2) is 5.43. The van der Waals surface area contributed by atoms with Crippen molar-refractivity contribution in [1.82, 2.24) is 4.98 Å². The van der Waals surface area contributed by atoms with Crippen LogP contribution < -0.4 is 4.74 Å². The summed E-state index contributed by atoms with van der Waals surface area (Å²) in [5.41, 5.74) is 5.25. The van der Waals surface area contributed by atoms with Crippen LogP contribution in [-0.4, -0.2) is 11.6 Å². The Morgan fingerprint density at radius 3 is 2.63 bits per heavy atom. The number of ether oxygens (including phenoxy) is 1. The molecule has 2 aromatic rings. The van der Waals surface area contributed by atoms with Gasteiger partial charge in [0, 0.05) is 5.56 Å². The third kappa shape index (κ3) is 2.62. The van der Waals surface area contributed by atoms with Crippen molar-refractivity contribution in [3.63, 3.8) is 0 Å². The topological polar surface area (TPSA) is 22.1 Å². The molecule has 0 radical (unpaired) electrons. The summed E-state index contributed by atoms with van der Waals surface area (Å²) in [5.74, 6) is 0.837. The molecular formula is C17H19NO. The summed E-state index contributed by atoms with van der Waals surface area (Å²) >= 11 is 0. The highest BCUT2D eigenvalue weighted by atomic mass is 16.5. The number of rotatable bonds is 3. The average Bonchev–Trinajstić information content (AvgIpc) is 2.48. The summed E-state index contributed by atoms with van der Waals surface area (Å²) < 4.78 is 5.42. The van der Waals surface area contributed by atoms with Gasteiger partial charge in [0.1, 0.15) is 5.75 Å². The van der Waals surface area contributed by atoms with Crippen LogP contribution in [0.3, 0.4) is 0 Å². The molecule has 1 aliphatic rings. The first-order chi connectivity index (χ1) is 9.36. The number of hydrogen-bond donors (Lipinski definition) is 0. The van der Waals surface area contributed by atoms with Crippen LogP contribution in [0, 0.1) is 0 Å². The van der Waals surface area contributed by atoms with E-state index in [1.807, 2.05) is 19.1 Å². The van der Waals surface area contributed by atoms with Crippen molar-refractivity contribution < 1.29 is 4.74 Å². The van der Waals surface area contributed by atoms with E-state index >= 15 is 0 Å². The minimum absolute atomic E-state index is 0.680. The zero-order valence-corrected chi connectivity index (χ0v) is 11.4. The molecular weight excluding hydrogens is 234 g/mol. The number of hydrogen-bond acceptors (Lipinski definition) is 2. The van der Waals surface area contributed by atoms with Gasteiger partial charge in [0.15, 0.2) is 0 Å². The van der Waals surface area contributed by atoms with Gasteiger partial charge in [-0.15, -0.1) is 0 Å². The molecule has 2 heteroatoms. The van der Waals surface area contributed by atoms with Gasteiger partial charge in [-0.1, -0.05) is 12.1 Å². The lowest BCUT2D eigenvalue weighted by molar-refractivity contribution is 0.339. The fourth-order valence-corrected chi connectivity index (χ4v) is 2.70. The van der Waals surface area contributed by atoms with Gasteiger partial charge in [-0.3, -0.25) is 4.98 Å². The summed E-state index contributed by atoms with van der Waals surface area (Å²) in [5, 5.41) is 0. The van der Waals surface area contributed by atoms with Crippen molar-refractivity contribution in [2.24, 2.45) is 0 Å². The van der Waals surface area contributed by atoms with Crippen molar-refractivity contribution in [3.05, 3.63) is 47.7 Å². The zero-order chi connectivity index (χ0) is 13.1. The van der Waals surface area contributed by atoms with Crippen LogP contribution in [0.5, 0.6) is 5.75 Å². The Labute approximate surface area is 114 Å². The molecule has 19 heavy (non-hydrogen) atoms. The van der Waals surface area contributed by atoms with Crippen molar-refractivity contribution in [2.75, 3.05) is 6.61 Å². The lowest BCUT2D eigenvalue weighted by atomic mass is 9.90. The van der Waals surface area contributed by atoms with E-state index in [4.69, 9.17) is 4.74 Å². The van der Waals surface area contributed by atoms with Gasteiger partial charge in [-0.2, -0.15) is 0 Å². The maximum Gasteiger partial charge on any atom is 0.137 e. The molecule has 1 aromatic heterocycles. The first-order valence-electron chi connectivity index (χ1n) is 7.08. The summed E-state index contributed by atoms with van der Waals surface area (Å²) in [7, 11) is 0. The van der Waals surface area contributed by atoms with Crippen LogP contribution in [0.25, 0.3) is 11.3 Å². The van der Waals surface area contributed by atoms with Crippen LogP contribution in [0.15, 0.2) is 36.5 Å². The maximum absolute atomic E-state index is 5.42. The number of aryl methyl sites for hydroxylation is 2. The molecule has 0 bridgehead atoms. The summed E-state index contributed by atoms with van der Waals surface area (Å²) in [6.45, 7) is 2.66. The number of fused-ring (bicyclic) bond motifs is 1. The Balaban J connectivity index is 1.89. The van der Waals surface area contributed by atoms with Crippen molar-refractivity contribution in [3.8, 4) is 17.0 Å². The van der Waals surface area contributed by atoms with Gasteiger partial charge in [0.25, 0.3) is 0 Å². The summed E-state index contributed by atoms with van der Waals surface area (Å²) in [6.07, 6.45) is 6.88. The quantitative estimate of drug-likeness (QED) is 0.824. The molecule has 0 spiro atoms. The molecule has 98 valence electrons. The van der Waals surface area contributed by atoms with Crippen LogP contribution >= 0.6 is 0 Å². The molecule has 0 saturated carbocycles. The van der Waals surface area contributed by atoms with Crippen LogP contribution in [-0.2, 0) is 12.8 Å². The van der Waals surface area contributed by atoms with Gasteiger partial charge in [0.05, 0.1) is 18.5 Å². The predicted octanol–water partition coefficient (Wildman–Crippen LogP) is 4.03. The third-order valence-corrected chi connectivity index (χ3v) is 3.69. The molecule has 0 amide bonds. The predicted molar refractivity (Wildman–Crippen MR) is 77.5 cm³/mol. The lowest BCUT2D eigenvalue weighted by Crippen LogP contribution is -2.02. The molecule has 1 aromatic carbocycles. The van der Waals surface area contributed by atoms with E-state index in [0.717, 1.165) is 11.4 Å². The number of benzene rings is 1. The Kier molecular flexibility index (Phi) is 3.49. The van der Waals surface area contributed by atoms with E-state index in [2.05, 4.69) is 23.2 Å². The Bertz CT molecular complexity index is 560. The standard InChI is InChI=1S/C17H19NO/c1-2-19-16-9-10-17(18-12-16)15-8-7-13-5-3-4-6-14(13)11-15/h7-12H,2-6H2,1H3. The monoisotopic (exact) mass is 253 g/mol. The van der Waals surface area contributed by atoms with Gasteiger partial charge in [-0.05, 0) is 61.9 Å². The van der Waals surface area contributed by atoms with Crippen molar-refractivity contribution >= 4 is 0 Å². The van der Waals surface area contributed by atoms with Crippen LogP contribution in [0.1, 0.15) is 30.9 Å². The van der Waals surface area contributed by atoms with E-state index in [-0.39, 0.29) is 0 Å². The van der Waals surface area contributed by atoms with E-state index < -0.39 is 0 Å². The highest BCUT2D eigenvalue weighted by Crippen LogP contribution is 2.27. The maximum atomic E-state index is 5.42. The molecule has 1 aliphatic carbocycles. The Morgan fingerprint density at radius 2 is 1.89 bits per heavy atom. The molecule has 3 rings (SSSR count). The number of aromatic nitrogens is 1. The van der Waals surface area contributed by atoms with E-state index in [0.29, 0.717) is 6.61 Å². The van der Waals surface area contributed by atoms with Gasteiger partial charge in [-0.25, -0.2) is 0 Å². The molecule has 0 atom stereocenters. The van der Waals surface area contributed by atoms with E-state index in [1.165, 1.54) is 42.4 Å². The molecule has 0 fully saturated rings. The highest BCUT2D eigenvalue weighted by molar-refractivity contribution is 5.61. The SMILES string of the molecule is CCOc1ccc(-c2ccc3c(c2)CCCC3)nc1. The van der Waals surface area contributed by atoms with Crippen LogP contribution in [0.2, 0.25) is 0 Å². The molecule has 0 unspecified atom stereocenters. The first-order valence-corrected chi connectivity index (χ1v) is 7.08. The highest BCUT2D eigenvalue weighted by Gasteiger charge is 2.10. The third-order valence-electron chi connectivity index (χ3n) is 3.69. The summed E-state index contributed by atoms with van der Waals surface area (Å²) in [6, 6.07) is 10.8. The van der Waals surface area contributed by atoms with Gasteiger partial charge >= 0.3 is 0 Å². The fourth-order valence-electron chi connectivity index (χ4n) is 2.70. The van der Waals surface area contributed by atoms with E-state index in [9.17, 15) is 0 Å². The second-order valence-electron chi connectivity index (χ2n) is 5.00. The second-order valence-corrected chi connectivity index (χ2v) is 5.00. The van der Waals surface area contributed by atoms with Crippen molar-refractivity contribution in [1.29, 1.82) is 0 Å². The minimum Gasteiger partial charge on any atom is -0.492 e. The number of pyridine rings is 1. The normalized spacial score (nSPS) is 13.9. The van der Waals surface area contributed by atoms with Gasteiger partial charge in [0.2, 0.25) is 0 Å². The first kappa shape index (κ1) is 12.2. The number of nitrogens with zero attached hydrogens (tertiary/aromatic N) is 1. The fraction of sp³-hybridized carbons (Fsp3) is 0.353. The Hall–Kier alpha value is -1.83. The van der Waals surface area contributed by atoms with Crippen molar-refractivity contribution in [2.45, 2.75) is 32.6 Å². The molecule has 1 heterocycles. The lowest BCUT2D eigenvalue weighted by Gasteiger charge is -2.16. The molecule has 0 saturated heterocycles.